The average Bonchev–Trinajstić information content (AvgIpc) is 1.05. The second kappa shape index (κ2) is 37.5. The van der Waals surface area contributed by atoms with E-state index in [1.165, 1.54) is 0 Å². The molecule has 97 heavy (non-hydrogen) atoms. The van der Waals surface area contributed by atoms with Crippen molar-refractivity contribution in [2.45, 2.75) is 71.9 Å². The van der Waals surface area contributed by atoms with Gasteiger partial charge in [-0.3, -0.25) is 63.7 Å². The zero-order valence-electron chi connectivity index (χ0n) is 55.5. The molecule has 13 rings (SSSR count). The molecule has 5 aliphatic rings. The molecule has 0 atom stereocenters. The van der Waals surface area contributed by atoms with E-state index in [-0.39, 0.29) is 23.1 Å². The molecule has 0 unspecified atom stereocenters. The molecule has 4 saturated heterocycles. The summed E-state index contributed by atoms with van der Waals surface area (Å²) in [5.41, 5.74) is 13.6. The molecule has 10 heterocycles. The van der Waals surface area contributed by atoms with Crippen LogP contribution in [0.15, 0.2) is 252 Å². The monoisotopic (exact) mass is 1290 g/mol. The van der Waals surface area contributed by atoms with E-state index in [0.29, 0.717) is 81.4 Å². The number of ketones is 5. The Balaban J connectivity index is 0.000000144. The third kappa shape index (κ3) is 22.8. The first-order valence-electron chi connectivity index (χ1n) is 32.8. The Kier molecular flexibility index (Phi) is 27.4. The van der Waals surface area contributed by atoms with Crippen molar-refractivity contribution >= 4 is 77.5 Å². The first kappa shape index (κ1) is 70.8. The van der Waals surface area contributed by atoms with Crippen LogP contribution in [0.4, 0.5) is 0 Å². The largest absolute Gasteiger partial charge is 0.376 e. The van der Waals surface area contributed by atoms with Crippen molar-refractivity contribution in [2.24, 2.45) is 0 Å². The van der Waals surface area contributed by atoms with Crippen molar-refractivity contribution in [3.05, 3.63) is 297 Å². The topological polar surface area (TPSA) is 188 Å². The van der Waals surface area contributed by atoms with Gasteiger partial charge in [-0.1, -0.05) is 97.1 Å². The van der Waals surface area contributed by atoms with Gasteiger partial charge >= 0.3 is 0 Å². The molecule has 15 heteroatoms. The van der Waals surface area contributed by atoms with E-state index in [1.54, 1.807) is 61.8 Å². The Labute approximate surface area is 569 Å². The third-order valence-electron chi connectivity index (χ3n) is 16.2. The number of pyridine rings is 6. The number of carbonyl (C=O) groups excluding carboxylic acids is 5. The van der Waals surface area contributed by atoms with Crippen molar-refractivity contribution in [1.29, 1.82) is 0 Å². The van der Waals surface area contributed by atoms with Crippen molar-refractivity contribution in [2.75, 3.05) is 52.6 Å². The van der Waals surface area contributed by atoms with Gasteiger partial charge in [0, 0.05) is 151 Å². The minimum absolute atomic E-state index is 0.00996. The second-order valence-corrected chi connectivity index (χ2v) is 24.1. The number of benzene rings is 2. The number of carbonyl (C=O) groups is 5. The highest BCUT2D eigenvalue weighted by Gasteiger charge is 2.28. The van der Waals surface area contributed by atoms with Crippen LogP contribution in [0.5, 0.6) is 0 Å². The van der Waals surface area contributed by atoms with Crippen LogP contribution in [0.2, 0.25) is 0 Å². The molecule has 6 aromatic heterocycles. The van der Waals surface area contributed by atoms with Gasteiger partial charge in [0.25, 0.3) is 0 Å². The number of piperidine rings is 2. The third-order valence-corrected chi connectivity index (χ3v) is 16.2. The lowest BCUT2D eigenvalue weighted by molar-refractivity contribution is -0.119. The molecule has 4 aliphatic heterocycles. The molecule has 5 fully saturated rings. The quantitative estimate of drug-likeness (QED) is 0.118. The van der Waals surface area contributed by atoms with Gasteiger partial charge in [-0.2, -0.15) is 0 Å². The Hall–Kier alpha value is -10.6. The Morgan fingerprint density at radius 1 is 0.340 bits per heavy atom. The van der Waals surface area contributed by atoms with E-state index >= 15 is 0 Å². The van der Waals surface area contributed by atoms with Gasteiger partial charge in [-0.15, -0.1) is 0 Å². The lowest BCUT2D eigenvalue weighted by Gasteiger charge is -2.32. The predicted molar refractivity (Wildman–Crippen MR) is 385 cm³/mol. The molecule has 0 radical (unpaired) electrons. The van der Waals surface area contributed by atoms with Crippen LogP contribution < -0.4 is 0 Å². The molecule has 0 N–H and O–H groups in total. The first-order valence-corrected chi connectivity index (χ1v) is 32.8. The smallest absolute Gasteiger partial charge is 0.189 e. The number of nitrogens with zero attached hydrogens (tertiary/aromatic N) is 8. The minimum atomic E-state index is 0.00996. The zero-order valence-corrected chi connectivity index (χ0v) is 55.5. The first-order chi connectivity index (χ1) is 47.3. The molecular formula is C82H82N8O7. The fraction of sp³-hybridized carbons (Fsp3) is 0.232. The molecular weight excluding hydrogens is 1210 g/mol. The standard InChI is InChI=1S/C20H21N3O.C18H16N2O.C17H14N2O2.C15H19NO.C12H12O2/c1-15(2)23-13-17(10-16-6-5-8-21-12-16)20(24)18(14-23)11-19-7-3-4-9-22-19;21-18-15(11-14-5-4-9-19-13-14)6-3-7-16(18)12-17-8-1-2-10-20-17;20-17-14(8-13-4-3-6-18-10-13)11-21-12-15(17)9-16-5-1-2-7-19-16;1-12(2)16-9-8-15(17)14(11-16)10-13-6-4-3-5-7-13;13-12-6-7-14-9-11(12)8-10-4-2-1-3-5-10/h3-12,15H,13-14H2,1-2H3;1-2,4-5,8-13H,3,6-7H2;1-10H,11-12H2;3-7,10,12H,8-9,11H2,1-2H3;1-5,8H,6-7,9H2/b17-10+,18-11+;15-11+,16-12+;14-8+,15-9+;14-10+;11-8+. The second-order valence-electron chi connectivity index (χ2n) is 24.1. The highest BCUT2D eigenvalue weighted by Crippen LogP contribution is 2.29. The van der Waals surface area contributed by atoms with Gasteiger partial charge in [-0.05, 0) is 178 Å². The Morgan fingerprint density at radius 2 is 0.711 bits per heavy atom. The maximum Gasteiger partial charge on any atom is 0.189 e. The van der Waals surface area contributed by atoms with Gasteiger partial charge in [0.1, 0.15) is 0 Å². The Bertz CT molecular complexity index is 3850. The Morgan fingerprint density at radius 3 is 1.19 bits per heavy atom. The van der Waals surface area contributed by atoms with Crippen LogP contribution in [0.1, 0.15) is 105 Å². The van der Waals surface area contributed by atoms with Crippen LogP contribution in [0.25, 0.3) is 48.6 Å². The molecule has 15 nitrogen and oxygen atoms in total. The summed E-state index contributed by atoms with van der Waals surface area (Å²) >= 11 is 0. The van der Waals surface area contributed by atoms with Crippen LogP contribution in [-0.4, -0.2) is 133 Å². The summed E-state index contributed by atoms with van der Waals surface area (Å²) in [5, 5.41) is 0. The summed E-state index contributed by atoms with van der Waals surface area (Å²) < 4.78 is 10.7. The maximum absolute atomic E-state index is 12.9. The lowest BCUT2D eigenvalue weighted by Crippen LogP contribution is -2.41. The number of aromatic nitrogens is 6. The average molecular weight is 1290 g/mol. The zero-order chi connectivity index (χ0) is 68.0. The summed E-state index contributed by atoms with van der Waals surface area (Å²) in [5.74, 6) is 0.749. The van der Waals surface area contributed by atoms with E-state index < -0.39 is 0 Å². The predicted octanol–water partition coefficient (Wildman–Crippen LogP) is 14.3. The fourth-order valence-corrected chi connectivity index (χ4v) is 10.9. The normalized spacial score (nSPS) is 19.5. The molecule has 0 amide bonds. The minimum Gasteiger partial charge on any atom is -0.376 e. The summed E-state index contributed by atoms with van der Waals surface area (Å²) in [4.78, 5) is 90.9. The van der Waals surface area contributed by atoms with E-state index in [0.717, 1.165) is 111 Å². The maximum atomic E-state index is 12.9. The van der Waals surface area contributed by atoms with E-state index in [1.807, 2.05) is 194 Å². The van der Waals surface area contributed by atoms with Gasteiger partial charge in [0.15, 0.2) is 28.9 Å². The van der Waals surface area contributed by atoms with E-state index in [9.17, 15) is 24.0 Å². The molecule has 2 aromatic carbocycles. The SMILES string of the molecule is CC(C)N1C/C(=C\c2cccnc2)C(=O)/C(=C/c2ccccn2)C1.CC(C)N1CCC(=O)/C(=C/c2ccccc2)C1.O=C1/C(=C/c2cccnc2)CCC/C1=C\c1ccccn1.O=C1/C(=C/c2cccnc2)COC/C1=C\c1ccccn1.O=C1CCOC/C1=C\c1ccccc1. The van der Waals surface area contributed by atoms with Crippen molar-refractivity contribution < 1.29 is 33.4 Å². The number of hydrogen-bond donors (Lipinski definition) is 0. The molecule has 492 valence electrons. The van der Waals surface area contributed by atoms with Gasteiger partial charge in [-0.25, -0.2) is 0 Å². The van der Waals surface area contributed by atoms with Crippen molar-refractivity contribution in [1.82, 2.24) is 39.7 Å². The fourth-order valence-electron chi connectivity index (χ4n) is 10.9. The molecule has 0 spiro atoms. The van der Waals surface area contributed by atoms with Crippen LogP contribution in [0, 0.1) is 0 Å². The number of hydrogen-bond acceptors (Lipinski definition) is 15. The molecule has 1 saturated carbocycles. The molecule has 1 aliphatic carbocycles. The number of Topliss-reactive ketones (excluding diaryl/α,β-unsaturated/α-hetero) is 5. The summed E-state index contributed by atoms with van der Waals surface area (Å²) in [6.07, 6.45) is 34.6. The summed E-state index contributed by atoms with van der Waals surface area (Å²) in [6, 6.07) is 49.2. The van der Waals surface area contributed by atoms with Crippen molar-refractivity contribution in [3.8, 4) is 0 Å². The van der Waals surface area contributed by atoms with Crippen LogP contribution >= 0.6 is 0 Å². The summed E-state index contributed by atoms with van der Waals surface area (Å²) in [7, 11) is 0. The highest BCUT2D eigenvalue weighted by atomic mass is 16.5. The number of ether oxygens (including phenoxy) is 2. The lowest BCUT2D eigenvalue weighted by atomic mass is 9.87. The number of allylic oxidation sites excluding steroid dienone is 2. The number of rotatable bonds is 10. The van der Waals surface area contributed by atoms with Crippen LogP contribution in [-0.2, 0) is 33.4 Å². The van der Waals surface area contributed by atoms with Gasteiger partial charge in [0.05, 0.1) is 43.5 Å². The van der Waals surface area contributed by atoms with E-state index in [4.69, 9.17) is 9.47 Å². The molecule has 0 bridgehead atoms. The van der Waals surface area contributed by atoms with Gasteiger partial charge in [0.2, 0.25) is 0 Å². The number of likely N-dealkylation sites (tertiary alicyclic amines) is 2. The van der Waals surface area contributed by atoms with Crippen molar-refractivity contribution in [3.63, 3.8) is 0 Å². The van der Waals surface area contributed by atoms with E-state index in [2.05, 4.69) is 67.4 Å². The van der Waals surface area contributed by atoms with Crippen LogP contribution in [0.3, 0.4) is 0 Å². The highest BCUT2D eigenvalue weighted by molar-refractivity contribution is 6.15. The summed E-state index contributed by atoms with van der Waals surface area (Å²) in [6.45, 7) is 13.3. The molecule has 8 aromatic rings. The van der Waals surface area contributed by atoms with Gasteiger partial charge < -0.3 is 9.47 Å².